The van der Waals surface area contributed by atoms with Gasteiger partial charge >= 0.3 is 0 Å². The molecule has 5 heteroatoms. The van der Waals surface area contributed by atoms with Crippen molar-refractivity contribution < 1.29 is 4.79 Å². The number of pyridine rings is 1. The molecule has 0 radical (unpaired) electrons. The summed E-state index contributed by atoms with van der Waals surface area (Å²) in [7, 11) is 0. The van der Waals surface area contributed by atoms with Gasteiger partial charge < -0.3 is 10.3 Å². The van der Waals surface area contributed by atoms with E-state index in [2.05, 4.69) is 24.3 Å². The first-order valence-corrected chi connectivity index (χ1v) is 7.15. The Kier molecular flexibility index (Phi) is 3.29. The van der Waals surface area contributed by atoms with E-state index in [0.29, 0.717) is 11.4 Å². The van der Waals surface area contributed by atoms with Crippen molar-refractivity contribution in [2.45, 2.75) is 20.3 Å². The van der Waals surface area contributed by atoms with E-state index < -0.39 is 0 Å². The van der Waals surface area contributed by atoms with E-state index in [1.54, 1.807) is 6.20 Å². The molecular formula is C16H20N4O. The topological polar surface area (TPSA) is 71.2 Å². The molecule has 3 rings (SSSR count). The number of fused-ring (bicyclic) bond motifs is 1. The smallest absolute Gasteiger partial charge is 0.256 e. The Bertz CT molecular complexity index is 696. The Morgan fingerprint density at radius 2 is 2.05 bits per heavy atom. The Labute approximate surface area is 124 Å². The molecule has 2 heterocycles. The van der Waals surface area contributed by atoms with Crippen molar-refractivity contribution >= 4 is 22.5 Å². The zero-order valence-corrected chi connectivity index (χ0v) is 12.4. The number of hydrogen-bond donors (Lipinski definition) is 2. The molecule has 1 saturated heterocycles. The summed E-state index contributed by atoms with van der Waals surface area (Å²) in [5.41, 5.74) is 3.42. The van der Waals surface area contributed by atoms with Crippen LogP contribution in [0.4, 0.5) is 5.82 Å². The fourth-order valence-electron chi connectivity index (χ4n) is 2.93. The van der Waals surface area contributed by atoms with Crippen LogP contribution in [0.1, 0.15) is 30.6 Å². The number of hydrazine groups is 1. The summed E-state index contributed by atoms with van der Waals surface area (Å²) < 4.78 is 0. The first kappa shape index (κ1) is 13.8. The number of rotatable bonds is 2. The van der Waals surface area contributed by atoms with Crippen molar-refractivity contribution in [1.29, 1.82) is 0 Å². The molecule has 0 atom stereocenters. The molecule has 1 aromatic carbocycles. The van der Waals surface area contributed by atoms with Gasteiger partial charge in [-0.05, 0) is 17.2 Å². The van der Waals surface area contributed by atoms with E-state index in [1.165, 1.54) is 0 Å². The van der Waals surface area contributed by atoms with E-state index >= 15 is 0 Å². The molecule has 1 fully saturated rings. The zero-order valence-electron chi connectivity index (χ0n) is 12.4. The molecule has 0 spiro atoms. The maximum atomic E-state index is 12.8. The van der Waals surface area contributed by atoms with Crippen LogP contribution in [0.2, 0.25) is 0 Å². The number of carbonyl (C=O) groups is 1. The van der Waals surface area contributed by atoms with Gasteiger partial charge in [-0.2, -0.15) is 0 Å². The Morgan fingerprint density at radius 1 is 1.33 bits per heavy atom. The number of hydrogen-bond acceptors (Lipinski definition) is 4. The number of benzene rings is 1. The summed E-state index contributed by atoms with van der Waals surface area (Å²) in [5.74, 6) is 6.13. The zero-order chi connectivity index (χ0) is 15.0. The second-order valence-electron chi connectivity index (χ2n) is 6.35. The van der Waals surface area contributed by atoms with Crippen LogP contribution in [-0.2, 0) is 0 Å². The van der Waals surface area contributed by atoms with Gasteiger partial charge in [-0.15, -0.1) is 0 Å². The summed E-state index contributed by atoms with van der Waals surface area (Å²) in [5, 5.41) is 1.75. The third-order valence-electron chi connectivity index (χ3n) is 4.13. The molecule has 21 heavy (non-hydrogen) atoms. The highest BCUT2D eigenvalue weighted by molar-refractivity contribution is 6.09. The summed E-state index contributed by atoms with van der Waals surface area (Å²) in [6.45, 7) is 5.98. The number of aromatic nitrogens is 1. The molecule has 1 amide bonds. The number of anilines is 1. The maximum Gasteiger partial charge on any atom is 0.256 e. The number of nitrogens with two attached hydrogens (primary N) is 1. The van der Waals surface area contributed by atoms with Crippen LogP contribution in [0.3, 0.4) is 0 Å². The lowest BCUT2D eigenvalue weighted by atomic mass is 9.93. The van der Waals surface area contributed by atoms with Gasteiger partial charge in [-0.1, -0.05) is 38.1 Å². The second kappa shape index (κ2) is 5.00. The summed E-state index contributed by atoms with van der Waals surface area (Å²) >= 11 is 0. The van der Waals surface area contributed by atoms with Crippen LogP contribution < -0.4 is 11.3 Å². The number of amides is 1. The van der Waals surface area contributed by atoms with Crippen molar-refractivity contribution in [2.75, 3.05) is 18.5 Å². The number of likely N-dealkylation sites (tertiary alicyclic amines) is 1. The summed E-state index contributed by atoms with van der Waals surface area (Å²) in [6, 6.07) is 7.69. The quantitative estimate of drug-likeness (QED) is 0.656. The van der Waals surface area contributed by atoms with Crippen molar-refractivity contribution in [2.24, 2.45) is 11.3 Å². The van der Waals surface area contributed by atoms with Gasteiger partial charge in [0.15, 0.2) is 0 Å². The highest BCUT2D eigenvalue weighted by Crippen LogP contribution is 2.31. The van der Waals surface area contributed by atoms with Crippen LogP contribution in [0.25, 0.3) is 10.8 Å². The fraction of sp³-hybridized carbons (Fsp3) is 0.375. The Balaban J connectivity index is 2.03. The van der Waals surface area contributed by atoms with Crippen LogP contribution in [-0.4, -0.2) is 28.9 Å². The molecule has 3 N–H and O–H groups in total. The molecule has 0 saturated carbocycles. The molecular weight excluding hydrogens is 264 g/mol. The average molecular weight is 284 g/mol. The van der Waals surface area contributed by atoms with Crippen LogP contribution in [0.5, 0.6) is 0 Å². The molecule has 5 nitrogen and oxygen atoms in total. The molecule has 1 aromatic heterocycles. The molecule has 0 bridgehead atoms. The minimum atomic E-state index is 0.0489. The summed E-state index contributed by atoms with van der Waals surface area (Å²) in [6.07, 6.45) is 2.65. The van der Waals surface area contributed by atoms with Crippen LogP contribution in [0.15, 0.2) is 30.5 Å². The predicted molar refractivity (Wildman–Crippen MR) is 83.9 cm³/mol. The van der Waals surface area contributed by atoms with Crippen LogP contribution in [0, 0.1) is 5.41 Å². The molecule has 110 valence electrons. The fourth-order valence-corrected chi connectivity index (χ4v) is 2.93. The number of nitrogens with one attached hydrogen (secondary N) is 1. The minimum absolute atomic E-state index is 0.0489. The SMILES string of the molecule is CC1(C)CCN(C(=O)c2cnc(NN)c3ccccc23)C1. The maximum absolute atomic E-state index is 12.8. The molecule has 0 unspecified atom stereocenters. The molecule has 1 aliphatic rings. The van der Waals surface area contributed by atoms with E-state index in [9.17, 15) is 4.79 Å². The Hall–Kier alpha value is -2.14. The standard InChI is InChI=1S/C16H20N4O/c1-16(2)7-8-20(10-16)15(21)13-9-18-14(19-17)12-6-4-3-5-11(12)13/h3-6,9H,7-8,10,17H2,1-2H3,(H,18,19). The van der Waals surface area contributed by atoms with Crippen LogP contribution >= 0.6 is 0 Å². The predicted octanol–water partition coefficient (Wildman–Crippen LogP) is 2.39. The van der Waals surface area contributed by atoms with Crippen molar-refractivity contribution in [3.05, 3.63) is 36.0 Å². The number of nitrogens with zero attached hydrogens (tertiary/aromatic N) is 2. The van der Waals surface area contributed by atoms with Crippen molar-refractivity contribution in [1.82, 2.24) is 9.88 Å². The first-order valence-electron chi connectivity index (χ1n) is 7.15. The van der Waals surface area contributed by atoms with E-state index in [0.717, 1.165) is 30.3 Å². The van der Waals surface area contributed by atoms with Gasteiger partial charge in [0.25, 0.3) is 5.91 Å². The number of carbonyl (C=O) groups excluding carboxylic acids is 1. The molecule has 1 aliphatic heterocycles. The summed E-state index contributed by atoms with van der Waals surface area (Å²) in [4.78, 5) is 19.0. The molecule has 2 aromatic rings. The van der Waals surface area contributed by atoms with Gasteiger partial charge in [-0.25, -0.2) is 10.8 Å². The second-order valence-corrected chi connectivity index (χ2v) is 6.35. The van der Waals surface area contributed by atoms with Gasteiger partial charge in [0.2, 0.25) is 0 Å². The average Bonchev–Trinajstić information content (AvgIpc) is 2.85. The Morgan fingerprint density at radius 3 is 2.67 bits per heavy atom. The van der Waals surface area contributed by atoms with E-state index in [1.807, 2.05) is 29.2 Å². The van der Waals surface area contributed by atoms with Gasteiger partial charge in [0.05, 0.1) is 5.56 Å². The van der Waals surface area contributed by atoms with E-state index in [4.69, 9.17) is 5.84 Å². The van der Waals surface area contributed by atoms with Crippen molar-refractivity contribution in [3.63, 3.8) is 0 Å². The third-order valence-corrected chi connectivity index (χ3v) is 4.13. The lowest BCUT2D eigenvalue weighted by Crippen LogP contribution is -2.30. The number of nitrogen functional groups attached to an aromatic ring is 1. The third kappa shape index (κ3) is 2.45. The highest BCUT2D eigenvalue weighted by atomic mass is 16.2. The lowest BCUT2D eigenvalue weighted by Gasteiger charge is -2.20. The minimum Gasteiger partial charge on any atom is -0.338 e. The van der Waals surface area contributed by atoms with Gasteiger partial charge in [0.1, 0.15) is 5.82 Å². The van der Waals surface area contributed by atoms with E-state index in [-0.39, 0.29) is 11.3 Å². The lowest BCUT2D eigenvalue weighted by molar-refractivity contribution is 0.0780. The first-order chi connectivity index (χ1) is 10.0. The highest BCUT2D eigenvalue weighted by Gasteiger charge is 2.33. The van der Waals surface area contributed by atoms with Gasteiger partial charge in [-0.3, -0.25) is 4.79 Å². The normalized spacial score (nSPS) is 17.2. The largest absolute Gasteiger partial charge is 0.338 e. The molecule has 0 aliphatic carbocycles. The van der Waals surface area contributed by atoms with Gasteiger partial charge in [0, 0.05) is 24.7 Å². The monoisotopic (exact) mass is 284 g/mol. The van der Waals surface area contributed by atoms with Crippen molar-refractivity contribution in [3.8, 4) is 0 Å².